The normalized spacial score (nSPS) is 19.0. The summed E-state index contributed by atoms with van der Waals surface area (Å²) in [4.78, 5) is 18.6. The smallest absolute Gasteiger partial charge is 0.237 e. The first kappa shape index (κ1) is 14.3. The Labute approximate surface area is 129 Å². The van der Waals surface area contributed by atoms with E-state index in [4.69, 9.17) is 11.6 Å². The van der Waals surface area contributed by atoms with E-state index in [2.05, 4.69) is 15.2 Å². The predicted molar refractivity (Wildman–Crippen MR) is 84.3 cm³/mol. The largest absolute Gasteiger partial charge is 0.358 e. The lowest BCUT2D eigenvalue weighted by Gasteiger charge is -2.23. The summed E-state index contributed by atoms with van der Waals surface area (Å²) in [7, 11) is 1.69. The van der Waals surface area contributed by atoms with Crippen molar-refractivity contribution in [3.63, 3.8) is 0 Å². The molecule has 3 rings (SSSR count). The van der Waals surface area contributed by atoms with Gasteiger partial charge in [0.2, 0.25) is 5.91 Å². The lowest BCUT2D eigenvalue weighted by Crippen LogP contribution is -2.41. The molecule has 110 valence electrons. The number of nitrogens with one attached hydrogen (secondary N) is 1. The second-order valence-corrected chi connectivity index (χ2v) is 5.76. The lowest BCUT2D eigenvalue weighted by molar-refractivity contribution is -0.125. The van der Waals surface area contributed by atoms with Gasteiger partial charge in [0, 0.05) is 30.2 Å². The van der Waals surface area contributed by atoms with Gasteiger partial charge in [0.15, 0.2) is 0 Å². The summed E-state index contributed by atoms with van der Waals surface area (Å²) in [5, 5.41) is 4.43. The van der Waals surface area contributed by atoms with Gasteiger partial charge in [0.1, 0.15) is 0 Å². The van der Waals surface area contributed by atoms with E-state index in [0.717, 1.165) is 42.4 Å². The molecule has 0 bridgehead atoms. The van der Waals surface area contributed by atoms with Gasteiger partial charge in [0.25, 0.3) is 0 Å². The molecule has 1 aliphatic rings. The number of likely N-dealkylation sites (tertiary alicyclic amines) is 1. The number of amides is 1. The second kappa shape index (κ2) is 6.00. The van der Waals surface area contributed by atoms with Crippen molar-refractivity contribution < 1.29 is 4.79 Å². The molecule has 0 saturated carbocycles. The van der Waals surface area contributed by atoms with Crippen LogP contribution < -0.4 is 5.32 Å². The number of hydrogen-bond acceptors (Lipinski definition) is 3. The van der Waals surface area contributed by atoms with Crippen molar-refractivity contribution in [2.45, 2.75) is 25.4 Å². The molecule has 21 heavy (non-hydrogen) atoms. The summed E-state index contributed by atoms with van der Waals surface area (Å²) in [5.74, 6) is 0.0960. The van der Waals surface area contributed by atoms with Gasteiger partial charge in [0.05, 0.1) is 11.6 Å². The standard InChI is InChI=1S/C16H18ClN3O/c1-18-16(21)14-5-3-9-20(14)10-11-6-7-13(17)12-4-2-8-19-15(11)12/h2,4,6-8,14H,3,5,9-10H2,1H3,(H,18,21)/t14-/m0/s1. The molecule has 1 atom stereocenters. The Morgan fingerprint density at radius 1 is 1.48 bits per heavy atom. The molecule has 1 N–H and O–H groups in total. The van der Waals surface area contributed by atoms with Crippen LogP contribution >= 0.6 is 11.6 Å². The van der Waals surface area contributed by atoms with Crippen molar-refractivity contribution in [1.82, 2.24) is 15.2 Å². The summed E-state index contributed by atoms with van der Waals surface area (Å²) >= 11 is 6.23. The summed E-state index contributed by atoms with van der Waals surface area (Å²) in [6.07, 6.45) is 3.75. The molecule has 1 aromatic carbocycles. The Morgan fingerprint density at radius 3 is 3.14 bits per heavy atom. The number of carbonyl (C=O) groups is 1. The van der Waals surface area contributed by atoms with E-state index in [1.54, 1.807) is 13.2 Å². The molecule has 1 amide bonds. The summed E-state index contributed by atoms with van der Waals surface area (Å²) in [5.41, 5.74) is 2.04. The summed E-state index contributed by atoms with van der Waals surface area (Å²) in [6.45, 7) is 1.66. The zero-order valence-corrected chi connectivity index (χ0v) is 12.7. The Balaban J connectivity index is 1.92. The lowest BCUT2D eigenvalue weighted by atomic mass is 10.1. The fourth-order valence-corrected chi connectivity index (χ4v) is 3.24. The van der Waals surface area contributed by atoms with Crippen LogP contribution in [0.5, 0.6) is 0 Å². The molecule has 0 radical (unpaired) electrons. The fourth-order valence-electron chi connectivity index (χ4n) is 3.02. The maximum atomic E-state index is 11.9. The topological polar surface area (TPSA) is 45.2 Å². The molecule has 1 aliphatic heterocycles. The molecule has 4 nitrogen and oxygen atoms in total. The van der Waals surface area contributed by atoms with Crippen molar-refractivity contribution in [2.24, 2.45) is 0 Å². The minimum absolute atomic E-state index is 0.0376. The summed E-state index contributed by atoms with van der Waals surface area (Å²) in [6, 6.07) is 7.75. The summed E-state index contributed by atoms with van der Waals surface area (Å²) < 4.78 is 0. The van der Waals surface area contributed by atoms with Crippen LogP contribution in [0.3, 0.4) is 0 Å². The molecule has 5 heteroatoms. The maximum absolute atomic E-state index is 11.9. The Kier molecular flexibility index (Phi) is 4.08. The number of carbonyl (C=O) groups excluding carboxylic acids is 1. The van der Waals surface area contributed by atoms with Gasteiger partial charge in [-0.1, -0.05) is 17.7 Å². The van der Waals surface area contributed by atoms with E-state index >= 15 is 0 Å². The molecule has 1 saturated heterocycles. The Hall–Kier alpha value is -1.65. The highest BCUT2D eigenvalue weighted by atomic mass is 35.5. The molecule has 0 unspecified atom stereocenters. The average molecular weight is 304 g/mol. The minimum Gasteiger partial charge on any atom is -0.358 e. The molecule has 1 fully saturated rings. The average Bonchev–Trinajstić information content (AvgIpc) is 2.98. The molecule has 1 aromatic heterocycles. The molecule has 0 aliphatic carbocycles. The van der Waals surface area contributed by atoms with Crippen molar-refractivity contribution >= 4 is 28.4 Å². The predicted octanol–water partition coefficient (Wildman–Crippen LogP) is 2.60. The molecule has 2 aromatic rings. The SMILES string of the molecule is CNC(=O)[C@@H]1CCCN1Cc1ccc(Cl)c2cccnc12. The number of aromatic nitrogens is 1. The maximum Gasteiger partial charge on any atom is 0.237 e. The Morgan fingerprint density at radius 2 is 2.33 bits per heavy atom. The highest BCUT2D eigenvalue weighted by Gasteiger charge is 2.30. The van der Waals surface area contributed by atoms with Crippen LogP contribution in [0.15, 0.2) is 30.5 Å². The van der Waals surface area contributed by atoms with Crippen LogP contribution in [0.2, 0.25) is 5.02 Å². The minimum atomic E-state index is -0.0376. The fraction of sp³-hybridized carbons (Fsp3) is 0.375. The monoisotopic (exact) mass is 303 g/mol. The zero-order chi connectivity index (χ0) is 14.8. The number of benzene rings is 1. The third-order valence-electron chi connectivity index (χ3n) is 4.09. The van der Waals surface area contributed by atoms with Crippen molar-refractivity contribution in [2.75, 3.05) is 13.6 Å². The zero-order valence-electron chi connectivity index (χ0n) is 12.0. The third-order valence-corrected chi connectivity index (χ3v) is 4.42. The third kappa shape index (κ3) is 2.74. The molecule has 2 heterocycles. The van der Waals surface area contributed by atoms with Gasteiger partial charge in [-0.2, -0.15) is 0 Å². The highest BCUT2D eigenvalue weighted by molar-refractivity contribution is 6.35. The van der Waals surface area contributed by atoms with Crippen LogP contribution in [-0.4, -0.2) is 35.4 Å². The number of pyridine rings is 1. The van der Waals surface area contributed by atoms with Gasteiger partial charge >= 0.3 is 0 Å². The first-order valence-electron chi connectivity index (χ1n) is 7.18. The number of fused-ring (bicyclic) bond motifs is 1. The van der Waals surface area contributed by atoms with Crippen LogP contribution in [-0.2, 0) is 11.3 Å². The quantitative estimate of drug-likeness (QED) is 0.948. The molecular formula is C16H18ClN3O. The van der Waals surface area contributed by atoms with E-state index in [9.17, 15) is 4.79 Å². The van der Waals surface area contributed by atoms with Gasteiger partial charge in [-0.3, -0.25) is 14.7 Å². The van der Waals surface area contributed by atoms with Crippen LogP contribution in [0.1, 0.15) is 18.4 Å². The van der Waals surface area contributed by atoms with E-state index in [1.807, 2.05) is 24.3 Å². The van der Waals surface area contributed by atoms with Gasteiger partial charge in [-0.05, 0) is 43.1 Å². The van der Waals surface area contributed by atoms with Crippen LogP contribution in [0.25, 0.3) is 10.9 Å². The van der Waals surface area contributed by atoms with E-state index < -0.39 is 0 Å². The van der Waals surface area contributed by atoms with Gasteiger partial charge in [-0.15, -0.1) is 0 Å². The van der Waals surface area contributed by atoms with E-state index in [-0.39, 0.29) is 11.9 Å². The van der Waals surface area contributed by atoms with Crippen molar-refractivity contribution in [1.29, 1.82) is 0 Å². The first-order chi connectivity index (χ1) is 10.2. The van der Waals surface area contributed by atoms with Crippen LogP contribution in [0.4, 0.5) is 0 Å². The number of hydrogen-bond donors (Lipinski definition) is 1. The van der Waals surface area contributed by atoms with E-state index in [1.165, 1.54) is 0 Å². The number of halogens is 1. The van der Waals surface area contributed by atoms with Crippen molar-refractivity contribution in [3.8, 4) is 0 Å². The second-order valence-electron chi connectivity index (χ2n) is 5.35. The molecule has 0 spiro atoms. The van der Waals surface area contributed by atoms with Gasteiger partial charge < -0.3 is 5.32 Å². The van der Waals surface area contributed by atoms with E-state index in [0.29, 0.717) is 5.02 Å². The highest BCUT2D eigenvalue weighted by Crippen LogP contribution is 2.27. The Bertz CT molecular complexity index is 674. The number of rotatable bonds is 3. The van der Waals surface area contributed by atoms with Crippen LogP contribution in [0, 0.1) is 0 Å². The van der Waals surface area contributed by atoms with Crippen molar-refractivity contribution in [3.05, 3.63) is 41.0 Å². The molecular weight excluding hydrogens is 286 g/mol. The van der Waals surface area contributed by atoms with Gasteiger partial charge in [-0.25, -0.2) is 0 Å². The first-order valence-corrected chi connectivity index (χ1v) is 7.56. The number of nitrogens with zero attached hydrogens (tertiary/aromatic N) is 2. The number of likely N-dealkylation sites (N-methyl/N-ethyl adjacent to an activating group) is 1.